The van der Waals surface area contributed by atoms with Gasteiger partial charge in [0.05, 0.1) is 23.2 Å². The van der Waals surface area contributed by atoms with Crippen molar-refractivity contribution in [3.05, 3.63) is 29.0 Å². The number of rotatable bonds is 3. The topological polar surface area (TPSA) is 41.2 Å². The highest BCUT2D eigenvalue weighted by Gasteiger charge is 2.31. The highest BCUT2D eigenvalue weighted by molar-refractivity contribution is 6.31. The number of benzene rings is 1. The Morgan fingerprint density at radius 2 is 2.29 bits per heavy atom. The molecular formula is C16H20ClN3O. The van der Waals surface area contributed by atoms with Crippen LogP contribution < -0.4 is 0 Å². The van der Waals surface area contributed by atoms with E-state index < -0.39 is 0 Å². The van der Waals surface area contributed by atoms with Gasteiger partial charge >= 0.3 is 0 Å². The molecule has 0 aliphatic carbocycles. The van der Waals surface area contributed by atoms with E-state index in [9.17, 15) is 0 Å². The number of aromatic amines is 1. The first-order valence-electron chi connectivity index (χ1n) is 7.80. The maximum atomic E-state index is 6.05. The molecule has 0 saturated carbocycles. The maximum Gasteiger partial charge on any atom is 0.124 e. The predicted molar refractivity (Wildman–Crippen MR) is 83.6 cm³/mol. The average molecular weight is 306 g/mol. The third-order valence-electron chi connectivity index (χ3n) is 4.60. The molecule has 0 unspecified atom stereocenters. The minimum Gasteiger partial charge on any atom is -0.377 e. The number of hydrogen-bond donors (Lipinski definition) is 1. The molecule has 2 aliphatic rings. The summed E-state index contributed by atoms with van der Waals surface area (Å²) in [5.41, 5.74) is 2.03. The van der Waals surface area contributed by atoms with Crippen molar-refractivity contribution in [1.29, 1.82) is 0 Å². The molecule has 1 N–H and O–H groups in total. The minimum absolute atomic E-state index is 0.389. The van der Waals surface area contributed by atoms with Crippen LogP contribution in [0.5, 0.6) is 0 Å². The largest absolute Gasteiger partial charge is 0.377 e. The monoisotopic (exact) mass is 305 g/mol. The van der Waals surface area contributed by atoms with Crippen molar-refractivity contribution in [3.8, 4) is 0 Å². The molecule has 0 spiro atoms. The lowest BCUT2D eigenvalue weighted by molar-refractivity contribution is 0.0679. The van der Waals surface area contributed by atoms with Crippen molar-refractivity contribution in [2.24, 2.45) is 0 Å². The van der Waals surface area contributed by atoms with E-state index in [-0.39, 0.29) is 0 Å². The van der Waals surface area contributed by atoms with Gasteiger partial charge in [-0.15, -0.1) is 0 Å². The quantitative estimate of drug-likeness (QED) is 0.943. The van der Waals surface area contributed by atoms with Gasteiger partial charge in [0.25, 0.3) is 0 Å². The van der Waals surface area contributed by atoms with Crippen LogP contribution in [0.25, 0.3) is 11.0 Å². The Kier molecular flexibility index (Phi) is 3.61. The van der Waals surface area contributed by atoms with Crippen LogP contribution in [0.1, 0.15) is 37.5 Å². The SMILES string of the molecule is Clc1ccc2nc([C@@H]3CCCN3C[C@H]3CCCO3)[nH]c2c1. The van der Waals surface area contributed by atoms with Crippen LogP contribution in [0.3, 0.4) is 0 Å². The third kappa shape index (κ3) is 2.68. The van der Waals surface area contributed by atoms with Gasteiger partial charge in [-0.05, 0) is 50.4 Å². The second-order valence-corrected chi connectivity index (χ2v) is 6.51. The first-order chi connectivity index (χ1) is 10.3. The summed E-state index contributed by atoms with van der Waals surface area (Å²) in [7, 11) is 0. The van der Waals surface area contributed by atoms with Crippen LogP contribution in [0.4, 0.5) is 0 Å². The number of imidazole rings is 1. The molecule has 2 atom stereocenters. The van der Waals surface area contributed by atoms with Crippen LogP contribution in [0.15, 0.2) is 18.2 Å². The molecule has 2 saturated heterocycles. The Morgan fingerprint density at radius 3 is 3.14 bits per heavy atom. The van der Waals surface area contributed by atoms with Crippen LogP contribution >= 0.6 is 11.6 Å². The lowest BCUT2D eigenvalue weighted by Gasteiger charge is -2.25. The fourth-order valence-corrected chi connectivity index (χ4v) is 3.74. The fourth-order valence-electron chi connectivity index (χ4n) is 3.56. The summed E-state index contributed by atoms with van der Waals surface area (Å²) in [6.07, 6.45) is 5.20. The predicted octanol–water partition coefficient (Wildman–Crippen LogP) is 3.53. The number of nitrogens with one attached hydrogen (secondary N) is 1. The van der Waals surface area contributed by atoms with E-state index >= 15 is 0 Å². The second-order valence-electron chi connectivity index (χ2n) is 6.07. The van der Waals surface area contributed by atoms with Gasteiger partial charge < -0.3 is 9.72 Å². The molecule has 4 nitrogen and oxygen atoms in total. The van der Waals surface area contributed by atoms with Crippen molar-refractivity contribution < 1.29 is 4.74 Å². The molecule has 2 fully saturated rings. The van der Waals surface area contributed by atoms with E-state index in [0.717, 1.165) is 41.6 Å². The average Bonchev–Trinajstić information content (AvgIpc) is 3.18. The van der Waals surface area contributed by atoms with Crippen molar-refractivity contribution in [2.75, 3.05) is 19.7 Å². The molecule has 0 radical (unpaired) electrons. The first-order valence-corrected chi connectivity index (χ1v) is 8.18. The van der Waals surface area contributed by atoms with Crippen molar-refractivity contribution in [3.63, 3.8) is 0 Å². The van der Waals surface area contributed by atoms with Crippen molar-refractivity contribution in [2.45, 2.75) is 37.8 Å². The van der Waals surface area contributed by atoms with Gasteiger partial charge in [-0.25, -0.2) is 4.98 Å². The Bertz CT molecular complexity index is 635. The third-order valence-corrected chi connectivity index (χ3v) is 4.84. The number of halogens is 1. The summed E-state index contributed by atoms with van der Waals surface area (Å²) in [5.74, 6) is 1.07. The molecule has 2 aliphatic heterocycles. The Hall–Kier alpha value is -1.10. The summed E-state index contributed by atoms with van der Waals surface area (Å²) in [6, 6.07) is 6.22. The number of hydrogen-bond acceptors (Lipinski definition) is 3. The summed E-state index contributed by atoms with van der Waals surface area (Å²) >= 11 is 6.05. The van der Waals surface area contributed by atoms with Crippen LogP contribution in [0.2, 0.25) is 5.02 Å². The minimum atomic E-state index is 0.389. The molecule has 0 amide bonds. The van der Waals surface area contributed by atoms with Gasteiger partial charge in [-0.1, -0.05) is 11.6 Å². The molecule has 2 aromatic rings. The van der Waals surface area contributed by atoms with Gasteiger partial charge in [0.1, 0.15) is 5.82 Å². The molecule has 0 bridgehead atoms. The molecule has 5 heteroatoms. The second kappa shape index (κ2) is 5.59. The normalized spacial score (nSPS) is 26.9. The summed E-state index contributed by atoms with van der Waals surface area (Å²) < 4.78 is 5.78. The van der Waals surface area contributed by atoms with E-state index in [4.69, 9.17) is 21.3 Å². The van der Waals surface area contributed by atoms with E-state index in [1.165, 1.54) is 25.7 Å². The van der Waals surface area contributed by atoms with Crippen LogP contribution in [0, 0.1) is 0 Å². The zero-order chi connectivity index (χ0) is 14.2. The maximum absolute atomic E-state index is 6.05. The molecular weight excluding hydrogens is 286 g/mol. The number of fused-ring (bicyclic) bond motifs is 1. The molecule has 1 aromatic carbocycles. The van der Waals surface area contributed by atoms with Crippen molar-refractivity contribution in [1.82, 2.24) is 14.9 Å². The zero-order valence-electron chi connectivity index (χ0n) is 12.0. The Morgan fingerprint density at radius 1 is 1.33 bits per heavy atom. The first kappa shape index (κ1) is 13.6. The van der Waals surface area contributed by atoms with Crippen molar-refractivity contribution >= 4 is 22.6 Å². The smallest absolute Gasteiger partial charge is 0.124 e. The van der Waals surface area contributed by atoms with E-state index in [0.29, 0.717) is 12.1 Å². The van der Waals surface area contributed by atoms with Gasteiger partial charge in [0.15, 0.2) is 0 Å². The summed E-state index contributed by atoms with van der Waals surface area (Å²) in [4.78, 5) is 10.7. The molecule has 112 valence electrons. The molecule has 4 rings (SSSR count). The lowest BCUT2D eigenvalue weighted by Crippen LogP contribution is -2.32. The lowest BCUT2D eigenvalue weighted by atomic mass is 10.2. The van der Waals surface area contributed by atoms with Gasteiger partial charge in [0, 0.05) is 18.2 Å². The summed E-state index contributed by atoms with van der Waals surface area (Å²) in [5, 5.41) is 0.750. The van der Waals surface area contributed by atoms with E-state index in [1.54, 1.807) is 0 Å². The van der Waals surface area contributed by atoms with E-state index in [2.05, 4.69) is 9.88 Å². The molecule has 1 aromatic heterocycles. The molecule has 21 heavy (non-hydrogen) atoms. The Labute approximate surface area is 129 Å². The Balaban J connectivity index is 1.57. The van der Waals surface area contributed by atoms with Gasteiger partial charge in [0.2, 0.25) is 0 Å². The number of likely N-dealkylation sites (tertiary alicyclic amines) is 1. The number of ether oxygens (including phenoxy) is 1. The number of aromatic nitrogens is 2. The standard InChI is InChI=1S/C16H20ClN3O/c17-11-5-6-13-14(9-11)19-16(18-13)15-4-1-7-20(15)10-12-3-2-8-21-12/h5-6,9,12,15H,1-4,7-8,10H2,(H,18,19)/t12-,15+/m1/s1. The zero-order valence-corrected chi connectivity index (χ0v) is 12.8. The van der Waals surface area contributed by atoms with Crippen LogP contribution in [-0.2, 0) is 4.74 Å². The molecule has 3 heterocycles. The number of nitrogens with zero attached hydrogens (tertiary/aromatic N) is 2. The van der Waals surface area contributed by atoms with Gasteiger partial charge in [-0.3, -0.25) is 4.90 Å². The highest BCUT2D eigenvalue weighted by Crippen LogP contribution is 2.32. The summed E-state index contributed by atoms with van der Waals surface area (Å²) in [6.45, 7) is 3.09. The highest BCUT2D eigenvalue weighted by atomic mass is 35.5. The van der Waals surface area contributed by atoms with E-state index in [1.807, 2.05) is 18.2 Å². The van der Waals surface area contributed by atoms with Gasteiger partial charge in [-0.2, -0.15) is 0 Å². The van der Waals surface area contributed by atoms with Crippen LogP contribution in [-0.4, -0.2) is 40.7 Å². The fraction of sp³-hybridized carbons (Fsp3) is 0.562. The number of H-pyrrole nitrogens is 1.